The predicted octanol–water partition coefficient (Wildman–Crippen LogP) is 7.79. The first-order chi connectivity index (χ1) is 16.7. The Bertz CT molecular complexity index is 1400. The summed E-state index contributed by atoms with van der Waals surface area (Å²) in [7, 11) is 0. The number of fused-ring (bicyclic) bond motifs is 3. The smallest absolute Gasteiger partial charge is 0.311 e. The summed E-state index contributed by atoms with van der Waals surface area (Å²) in [6, 6.07) is 18.5. The molecule has 5 aliphatic rings. The van der Waals surface area contributed by atoms with E-state index in [0.717, 1.165) is 42.4 Å². The van der Waals surface area contributed by atoms with Crippen LogP contribution in [0, 0.1) is 26.9 Å². The molecule has 1 N–H and O–H groups in total. The van der Waals surface area contributed by atoms with Crippen molar-refractivity contribution in [2.45, 2.75) is 64.2 Å². The third-order valence-electron chi connectivity index (χ3n) is 9.65. The molecule has 35 heavy (non-hydrogen) atoms. The molecule has 0 spiro atoms. The lowest BCUT2D eigenvalue weighted by Crippen LogP contribution is -2.56. The van der Waals surface area contributed by atoms with Crippen LogP contribution in [0.2, 0.25) is 0 Å². The van der Waals surface area contributed by atoms with E-state index in [0.29, 0.717) is 5.92 Å². The molecule has 0 aliphatic heterocycles. The Balaban J connectivity index is 1.43. The molecule has 3 aromatic rings. The minimum Gasteiger partial charge on any atom is -0.502 e. The van der Waals surface area contributed by atoms with Gasteiger partial charge in [0, 0.05) is 17.0 Å². The van der Waals surface area contributed by atoms with Gasteiger partial charge in [0.1, 0.15) is 0 Å². The second kappa shape index (κ2) is 6.75. The quantitative estimate of drug-likeness (QED) is 0.248. The molecule has 0 amide bonds. The molecule has 4 bridgehead atoms. The van der Waals surface area contributed by atoms with Gasteiger partial charge in [0.25, 0.3) is 0 Å². The third-order valence-corrected chi connectivity index (χ3v) is 9.65. The summed E-state index contributed by atoms with van der Waals surface area (Å²) in [6.07, 6.45) is 7.61. The molecule has 0 aromatic heterocycles. The molecule has 4 saturated carbocycles. The highest BCUT2D eigenvalue weighted by Crippen LogP contribution is 2.71. The van der Waals surface area contributed by atoms with Crippen molar-refractivity contribution in [3.05, 3.63) is 81.4 Å². The minimum absolute atomic E-state index is 0.108. The fraction of sp³-hybridized carbons (Fsp3) is 0.419. The molecule has 178 valence electrons. The summed E-state index contributed by atoms with van der Waals surface area (Å²) in [5.41, 5.74) is 7.87. The number of phenolic OH excluding ortho intramolecular Hbond substituents is 1. The van der Waals surface area contributed by atoms with Gasteiger partial charge in [-0.3, -0.25) is 10.1 Å². The first kappa shape index (κ1) is 21.2. The standard InChI is InChI=1S/C31H31NO3/c1-29-13-19-14-30(2,16-29)18-31(15-19,17-29)26-11-21(12-27(28(26)33)32(34)35)23-8-5-9-24-22-7-4-3-6-20(22)10-25(23)24/h3-9,11-12,19,33H,10,13-18H2,1-2H3. The van der Waals surface area contributed by atoms with Crippen LogP contribution in [-0.4, -0.2) is 10.0 Å². The molecule has 2 unspecified atom stereocenters. The second-order valence-electron chi connectivity index (χ2n) is 12.7. The first-order valence-corrected chi connectivity index (χ1v) is 12.9. The van der Waals surface area contributed by atoms with E-state index in [2.05, 4.69) is 62.4 Å². The highest BCUT2D eigenvalue weighted by Gasteiger charge is 2.61. The maximum atomic E-state index is 12.2. The molecule has 4 fully saturated rings. The van der Waals surface area contributed by atoms with E-state index in [1.54, 1.807) is 6.07 Å². The van der Waals surface area contributed by atoms with E-state index in [-0.39, 0.29) is 27.7 Å². The fourth-order valence-corrected chi connectivity index (χ4v) is 9.49. The molecular formula is C31H31NO3. The highest BCUT2D eigenvalue weighted by atomic mass is 16.6. The van der Waals surface area contributed by atoms with Crippen LogP contribution in [0.5, 0.6) is 5.75 Å². The molecule has 0 heterocycles. The van der Waals surface area contributed by atoms with Gasteiger partial charge in [-0.15, -0.1) is 0 Å². The largest absolute Gasteiger partial charge is 0.502 e. The number of phenols is 1. The second-order valence-corrected chi connectivity index (χ2v) is 12.7. The normalized spacial score (nSPS) is 31.9. The van der Waals surface area contributed by atoms with E-state index in [4.69, 9.17) is 0 Å². The molecule has 2 atom stereocenters. The van der Waals surface area contributed by atoms with Crippen LogP contribution in [0.1, 0.15) is 69.1 Å². The monoisotopic (exact) mass is 465 g/mol. The number of rotatable bonds is 3. The first-order valence-electron chi connectivity index (χ1n) is 12.9. The van der Waals surface area contributed by atoms with Gasteiger partial charge in [0.2, 0.25) is 0 Å². The van der Waals surface area contributed by atoms with Crippen molar-refractivity contribution in [3.63, 3.8) is 0 Å². The Morgan fingerprint density at radius 2 is 1.57 bits per heavy atom. The number of nitro benzene ring substituents is 1. The number of hydrogen-bond donors (Lipinski definition) is 1. The zero-order valence-corrected chi connectivity index (χ0v) is 20.4. The van der Waals surface area contributed by atoms with Crippen LogP contribution in [0.25, 0.3) is 22.3 Å². The van der Waals surface area contributed by atoms with Gasteiger partial charge in [-0.1, -0.05) is 56.3 Å². The number of aromatic hydroxyl groups is 1. The molecular weight excluding hydrogens is 434 g/mol. The Morgan fingerprint density at radius 3 is 2.29 bits per heavy atom. The molecule has 3 aromatic carbocycles. The van der Waals surface area contributed by atoms with Gasteiger partial charge < -0.3 is 5.11 Å². The van der Waals surface area contributed by atoms with Crippen molar-refractivity contribution in [1.29, 1.82) is 0 Å². The molecule has 8 rings (SSSR count). The minimum atomic E-state index is -0.399. The van der Waals surface area contributed by atoms with Gasteiger partial charge in [-0.2, -0.15) is 0 Å². The van der Waals surface area contributed by atoms with Crippen LogP contribution in [-0.2, 0) is 11.8 Å². The number of hydrogen-bond acceptors (Lipinski definition) is 3. The zero-order chi connectivity index (χ0) is 24.2. The van der Waals surface area contributed by atoms with E-state index < -0.39 is 4.92 Å². The summed E-state index contributed by atoms with van der Waals surface area (Å²) in [4.78, 5) is 11.8. The van der Waals surface area contributed by atoms with Crippen LogP contribution < -0.4 is 0 Å². The van der Waals surface area contributed by atoms with Crippen LogP contribution in [0.3, 0.4) is 0 Å². The molecule has 4 nitrogen and oxygen atoms in total. The fourth-order valence-electron chi connectivity index (χ4n) is 9.49. The summed E-state index contributed by atoms with van der Waals surface area (Å²) < 4.78 is 0. The summed E-state index contributed by atoms with van der Waals surface area (Å²) in [5, 5.41) is 23.5. The summed E-state index contributed by atoms with van der Waals surface area (Å²) >= 11 is 0. The highest BCUT2D eigenvalue weighted by molar-refractivity contribution is 5.86. The van der Waals surface area contributed by atoms with Crippen LogP contribution in [0.4, 0.5) is 5.69 Å². The van der Waals surface area contributed by atoms with Crippen molar-refractivity contribution < 1.29 is 10.0 Å². The van der Waals surface area contributed by atoms with Gasteiger partial charge in [0.15, 0.2) is 5.75 Å². The van der Waals surface area contributed by atoms with E-state index >= 15 is 0 Å². The van der Waals surface area contributed by atoms with Crippen molar-refractivity contribution in [2.24, 2.45) is 16.7 Å². The lowest BCUT2D eigenvalue weighted by molar-refractivity contribution is -0.386. The van der Waals surface area contributed by atoms with E-state index in [1.165, 1.54) is 41.5 Å². The molecule has 0 radical (unpaired) electrons. The molecule has 5 aliphatic carbocycles. The average Bonchev–Trinajstić information content (AvgIpc) is 3.15. The Hall–Kier alpha value is -3.14. The van der Waals surface area contributed by atoms with E-state index in [1.807, 2.05) is 0 Å². The zero-order valence-electron chi connectivity index (χ0n) is 20.4. The Kier molecular flexibility index (Phi) is 4.08. The SMILES string of the molecule is CC12CC3CC(C)(C1)CC(c1cc(-c4cccc5c4Cc4ccccc4-5)cc([N+](=O)[O-])c1O)(C3)C2. The van der Waals surface area contributed by atoms with Gasteiger partial charge in [0.05, 0.1) is 4.92 Å². The Labute approximate surface area is 206 Å². The van der Waals surface area contributed by atoms with E-state index in [9.17, 15) is 15.2 Å². The van der Waals surface area contributed by atoms with Gasteiger partial charge in [-0.25, -0.2) is 0 Å². The van der Waals surface area contributed by atoms with Crippen molar-refractivity contribution >= 4 is 5.69 Å². The maximum absolute atomic E-state index is 12.2. The van der Waals surface area contributed by atoms with Crippen LogP contribution >= 0.6 is 0 Å². The Morgan fingerprint density at radius 1 is 0.886 bits per heavy atom. The lowest BCUT2D eigenvalue weighted by Gasteiger charge is -2.65. The van der Waals surface area contributed by atoms with Crippen molar-refractivity contribution in [2.75, 3.05) is 0 Å². The predicted molar refractivity (Wildman–Crippen MR) is 138 cm³/mol. The van der Waals surface area contributed by atoms with Gasteiger partial charge >= 0.3 is 5.69 Å². The number of benzene rings is 3. The number of nitrogens with zero attached hydrogens (tertiary/aromatic N) is 1. The topological polar surface area (TPSA) is 63.4 Å². The summed E-state index contributed by atoms with van der Waals surface area (Å²) in [5.74, 6) is 0.530. The third kappa shape index (κ3) is 2.98. The van der Waals surface area contributed by atoms with Crippen LogP contribution in [0.15, 0.2) is 54.6 Å². The molecule has 0 saturated heterocycles. The van der Waals surface area contributed by atoms with Crippen molar-refractivity contribution in [1.82, 2.24) is 0 Å². The summed E-state index contributed by atoms with van der Waals surface area (Å²) in [6.45, 7) is 4.81. The average molecular weight is 466 g/mol. The lowest BCUT2D eigenvalue weighted by atomic mass is 9.39. The number of nitro groups is 1. The van der Waals surface area contributed by atoms with Gasteiger partial charge in [-0.05, 0) is 101 Å². The molecule has 4 heteroatoms. The van der Waals surface area contributed by atoms with Crippen molar-refractivity contribution in [3.8, 4) is 28.0 Å². The maximum Gasteiger partial charge on any atom is 0.311 e.